The minimum Gasteiger partial charge on any atom is -0.497 e. The van der Waals surface area contributed by atoms with Crippen LogP contribution >= 0.6 is 0 Å². The second kappa shape index (κ2) is 24.8. The van der Waals surface area contributed by atoms with Crippen LogP contribution in [0.5, 0.6) is 23.0 Å². The quantitative estimate of drug-likeness (QED) is 0.103. The summed E-state index contributed by atoms with van der Waals surface area (Å²) in [5, 5.41) is 0. The Morgan fingerprint density at radius 3 is 1.62 bits per heavy atom. The molecule has 0 atom stereocenters. The Kier molecular flexibility index (Phi) is 23.0. The van der Waals surface area contributed by atoms with Crippen LogP contribution < -0.4 is 18.9 Å². The molecule has 0 amide bonds. The highest BCUT2D eigenvalue weighted by molar-refractivity contribution is 5.93. The molecule has 3 aromatic carbocycles. The fourth-order valence-corrected chi connectivity index (χ4v) is 3.20. The predicted octanol–water partition coefficient (Wildman–Crippen LogP) is 9.39. The summed E-state index contributed by atoms with van der Waals surface area (Å²) in [7, 11) is 1.58. The molecule has 0 radical (unpaired) electrons. The molecule has 3 rings (SSSR count). The van der Waals surface area contributed by atoms with Gasteiger partial charge in [0.05, 0.1) is 7.11 Å². The molecule has 0 aromatic heterocycles. The van der Waals surface area contributed by atoms with Crippen LogP contribution in [0.15, 0.2) is 110 Å². The van der Waals surface area contributed by atoms with Crippen molar-refractivity contribution in [1.82, 2.24) is 0 Å². The Labute approximate surface area is 280 Å². The molecule has 0 aliphatic heterocycles. The number of esters is 3. The molecular formula is C39H48O8. The summed E-state index contributed by atoms with van der Waals surface area (Å²) in [6.45, 7) is 27.0. The van der Waals surface area contributed by atoms with E-state index in [1.54, 1.807) is 75.6 Å². The summed E-state index contributed by atoms with van der Waals surface area (Å²) in [4.78, 5) is 43.9. The Morgan fingerprint density at radius 2 is 1.17 bits per heavy atom. The Hall–Kier alpha value is -5.50. The largest absolute Gasteiger partial charge is 0.497 e. The first-order valence-electron chi connectivity index (χ1n) is 14.6. The lowest BCUT2D eigenvalue weighted by atomic mass is 10.0. The van der Waals surface area contributed by atoms with Crippen LogP contribution in [-0.2, 0) is 19.2 Å². The van der Waals surface area contributed by atoms with Crippen LogP contribution in [0.25, 0.3) is 16.7 Å². The van der Waals surface area contributed by atoms with E-state index < -0.39 is 17.9 Å². The summed E-state index contributed by atoms with van der Waals surface area (Å²) in [6, 6.07) is 18.8. The maximum absolute atomic E-state index is 12.6. The minimum absolute atomic E-state index is 0.205. The fourth-order valence-electron chi connectivity index (χ4n) is 3.20. The molecule has 8 heteroatoms. The molecule has 0 saturated heterocycles. The first-order valence-corrected chi connectivity index (χ1v) is 14.6. The van der Waals surface area contributed by atoms with Gasteiger partial charge in [0.2, 0.25) is 0 Å². The van der Waals surface area contributed by atoms with Crippen LogP contribution in [0.2, 0.25) is 0 Å². The molecule has 252 valence electrons. The fraction of sp³-hybridized carbons (Fsp3) is 0.231. The number of methoxy groups -OCH3 is 1. The van der Waals surface area contributed by atoms with Gasteiger partial charge in [-0.05, 0) is 87.7 Å². The number of rotatable bonds is 8. The van der Waals surface area contributed by atoms with Crippen molar-refractivity contribution in [3.63, 3.8) is 0 Å². The number of allylic oxidation sites excluding steroid dienone is 3. The highest BCUT2D eigenvalue weighted by Gasteiger charge is 2.15. The number of ether oxygens (including phenoxy) is 4. The van der Waals surface area contributed by atoms with Gasteiger partial charge in [0.25, 0.3) is 0 Å². The van der Waals surface area contributed by atoms with E-state index in [9.17, 15) is 14.4 Å². The molecule has 0 heterocycles. The molecule has 0 saturated carbocycles. The molecule has 0 unspecified atom stereocenters. The smallest absolute Gasteiger partial charge is 0.338 e. The number of carbonyl (C=O) groups excluding carboxylic acids is 4. The van der Waals surface area contributed by atoms with E-state index in [1.165, 1.54) is 24.6 Å². The second-order valence-corrected chi connectivity index (χ2v) is 9.54. The molecule has 0 aliphatic rings. The van der Waals surface area contributed by atoms with Crippen LogP contribution in [0.4, 0.5) is 0 Å². The van der Waals surface area contributed by atoms with E-state index >= 15 is 0 Å². The molecule has 3 aromatic rings. The van der Waals surface area contributed by atoms with E-state index in [1.807, 2.05) is 53.5 Å². The van der Waals surface area contributed by atoms with Gasteiger partial charge in [-0.1, -0.05) is 56.3 Å². The van der Waals surface area contributed by atoms with E-state index in [-0.39, 0.29) is 17.1 Å². The van der Waals surface area contributed by atoms with E-state index in [4.69, 9.17) is 23.7 Å². The van der Waals surface area contributed by atoms with E-state index in [0.29, 0.717) is 22.6 Å². The molecule has 47 heavy (non-hydrogen) atoms. The highest BCUT2D eigenvalue weighted by atomic mass is 16.5. The van der Waals surface area contributed by atoms with E-state index in [2.05, 4.69) is 19.7 Å². The number of hydrogen-bond acceptors (Lipinski definition) is 8. The van der Waals surface area contributed by atoms with E-state index in [0.717, 1.165) is 11.1 Å². The monoisotopic (exact) mass is 644 g/mol. The van der Waals surface area contributed by atoms with Crippen molar-refractivity contribution in [3.05, 3.63) is 115 Å². The summed E-state index contributed by atoms with van der Waals surface area (Å²) in [5.41, 5.74) is 4.22. The highest BCUT2D eigenvalue weighted by Crippen LogP contribution is 2.35. The van der Waals surface area contributed by atoms with Crippen LogP contribution in [-0.4, -0.2) is 31.8 Å². The number of hydrogen-bond donors (Lipinski definition) is 0. The molecule has 0 N–H and O–H groups in total. The average Bonchev–Trinajstić information content (AvgIpc) is 3.03. The molecule has 0 spiro atoms. The normalized spacial score (nSPS) is 9.34. The van der Waals surface area contributed by atoms with Gasteiger partial charge in [-0.3, -0.25) is 4.79 Å². The third-order valence-electron chi connectivity index (χ3n) is 5.03. The predicted molar refractivity (Wildman–Crippen MR) is 191 cm³/mol. The average molecular weight is 645 g/mol. The van der Waals surface area contributed by atoms with Gasteiger partial charge < -0.3 is 23.7 Å². The zero-order valence-corrected chi connectivity index (χ0v) is 29.1. The SMILES string of the molecule is C=C(C)C.C=C(C)C(=O)Oc1cc(OC(=O)/C=C(\C)c2ccc(OC(C)=O)cc2)ccc1-c1ccc(OC)cc1.C=CC.C=O.CC. The number of carbonyl (C=O) groups is 4. The Bertz CT molecular complexity index is 1480. The van der Waals surface area contributed by atoms with Crippen molar-refractivity contribution in [2.24, 2.45) is 0 Å². The lowest BCUT2D eigenvalue weighted by Gasteiger charge is -2.13. The third-order valence-corrected chi connectivity index (χ3v) is 5.03. The van der Waals surface area contributed by atoms with Crippen molar-refractivity contribution >= 4 is 30.3 Å². The standard InChI is InChI=1S/C29H26O7.C4H8.C3H6.C2H6.CH2O/c1-18(2)29(32)36-27-17-25(14-15-26(27)22-8-10-23(33-5)11-9-22)35-28(31)16-19(3)21-6-12-24(13-7-21)34-20(4)30;1-4(2)3;1-3-2;2*1-2/h6-17H,1H2,2-5H3;1H2,2-3H3;3H,1H2,2H3;1-2H3;1H2/b19-16+;;;;. The summed E-state index contributed by atoms with van der Waals surface area (Å²) in [6.07, 6.45) is 3.10. The van der Waals surface area contributed by atoms with Gasteiger partial charge in [-0.2, -0.15) is 0 Å². The summed E-state index contributed by atoms with van der Waals surface area (Å²) >= 11 is 0. The Balaban J connectivity index is 0. The van der Waals surface area contributed by atoms with Crippen molar-refractivity contribution in [1.29, 1.82) is 0 Å². The minimum atomic E-state index is -0.606. The molecule has 0 aliphatic carbocycles. The second-order valence-electron chi connectivity index (χ2n) is 9.54. The summed E-state index contributed by atoms with van der Waals surface area (Å²) in [5.74, 6) is -0.0864. The Morgan fingerprint density at radius 1 is 0.702 bits per heavy atom. The molecule has 8 nitrogen and oxygen atoms in total. The maximum Gasteiger partial charge on any atom is 0.338 e. The molecule has 0 fully saturated rings. The first-order chi connectivity index (χ1) is 22.3. The zero-order valence-electron chi connectivity index (χ0n) is 29.1. The van der Waals surface area contributed by atoms with Gasteiger partial charge in [0.15, 0.2) is 0 Å². The van der Waals surface area contributed by atoms with Crippen LogP contribution in [0.1, 0.15) is 61.0 Å². The van der Waals surface area contributed by atoms with Gasteiger partial charge in [-0.15, -0.1) is 13.2 Å². The van der Waals surface area contributed by atoms with Gasteiger partial charge in [0.1, 0.15) is 29.8 Å². The molecular weight excluding hydrogens is 596 g/mol. The first kappa shape index (κ1) is 43.6. The number of benzene rings is 3. The maximum atomic E-state index is 12.6. The topological polar surface area (TPSA) is 105 Å². The summed E-state index contributed by atoms with van der Waals surface area (Å²) < 4.78 is 21.2. The van der Waals surface area contributed by atoms with Crippen molar-refractivity contribution < 1.29 is 38.1 Å². The third kappa shape index (κ3) is 18.2. The van der Waals surface area contributed by atoms with Gasteiger partial charge in [0, 0.05) is 30.2 Å². The van der Waals surface area contributed by atoms with Crippen LogP contribution in [0, 0.1) is 0 Å². The lowest BCUT2D eigenvalue weighted by Crippen LogP contribution is -2.10. The van der Waals surface area contributed by atoms with Crippen LogP contribution in [0.3, 0.4) is 0 Å². The molecule has 0 bridgehead atoms. The van der Waals surface area contributed by atoms with Crippen molar-refractivity contribution in [2.45, 2.75) is 55.4 Å². The zero-order chi connectivity index (χ0) is 36.5. The lowest BCUT2D eigenvalue weighted by molar-refractivity contribution is -0.132. The van der Waals surface area contributed by atoms with Crippen molar-refractivity contribution in [3.8, 4) is 34.1 Å². The van der Waals surface area contributed by atoms with Gasteiger partial charge >= 0.3 is 17.9 Å². The van der Waals surface area contributed by atoms with Gasteiger partial charge in [-0.25, -0.2) is 9.59 Å². The van der Waals surface area contributed by atoms with Crippen molar-refractivity contribution in [2.75, 3.05) is 7.11 Å².